The zero-order valence-electron chi connectivity index (χ0n) is 13.3. The van der Waals surface area contributed by atoms with E-state index in [0.717, 1.165) is 38.5 Å². The second-order valence-corrected chi connectivity index (χ2v) is 6.69. The van der Waals surface area contributed by atoms with Gasteiger partial charge in [-0.25, -0.2) is 0 Å². The molecule has 4 nitrogen and oxygen atoms in total. The fraction of sp³-hybridized carbons (Fsp3) is 1.00. The molecule has 1 saturated heterocycles. The van der Waals surface area contributed by atoms with Crippen LogP contribution in [0.5, 0.6) is 0 Å². The number of nitrogens with zero attached hydrogens (tertiary/aromatic N) is 1. The third-order valence-corrected chi connectivity index (χ3v) is 5.00. The van der Waals surface area contributed by atoms with E-state index in [4.69, 9.17) is 15.2 Å². The van der Waals surface area contributed by atoms with E-state index < -0.39 is 0 Å². The fourth-order valence-electron chi connectivity index (χ4n) is 3.55. The van der Waals surface area contributed by atoms with Crippen LogP contribution in [-0.4, -0.2) is 56.5 Å². The van der Waals surface area contributed by atoms with Gasteiger partial charge < -0.3 is 20.1 Å². The van der Waals surface area contributed by atoms with Crippen LogP contribution in [0.4, 0.5) is 0 Å². The highest BCUT2D eigenvalue weighted by atomic mass is 16.5. The third kappa shape index (κ3) is 4.42. The SMILES string of the molecule is CCCC1CCC(CN)(OCC2CN(C)CCO2)CC1. The number of hydrogen-bond acceptors (Lipinski definition) is 4. The second-order valence-electron chi connectivity index (χ2n) is 6.69. The zero-order chi connectivity index (χ0) is 14.4. The first kappa shape index (κ1) is 16.2. The van der Waals surface area contributed by atoms with Crippen molar-refractivity contribution in [2.75, 3.05) is 39.9 Å². The van der Waals surface area contributed by atoms with Crippen LogP contribution in [0.3, 0.4) is 0 Å². The molecule has 20 heavy (non-hydrogen) atoms. The molecule has 2 rings (SSSR count). The summed E-state index contributed by atoms with van der Waals surface area (Å²) in [7, 11) is 2.14. The summed E-state index contributed by atoms with van der Waals surface area (Å²) in [6.45, 7) is 6.43. The molecule has 2 N–H and O–H groups in total. The lowest BCUT2D eigenvalue weighted by atomic mass is 9.77. The molecule has 0 spiro atoms. The first-order valence-electron chi connectivity index (χ1n) is 8.31. The number of hydrogen-bond donors (Lipinski definition) is 1. The molecule has 2 fully saturated rings. The van der Waals surface area contributed by atoms with Gasteiger partial charge in [-0.15, -0.1) is 0 Å². The standard InChI is InChI=1S/C16H32N2O2/c1-3-4-14-5-7-16(13-17,8-6-14)20-12-15-11-18(2)9-10-19-15/h14-15H,3-13,17H2,1-2H3. The van der Waals surface area contributed by atoms with Gasteiger partial charge in [0.05, 0.1) is 24.9 Å². The van der Waals surface area contributed by atoms with Crippen LogP contribution in [0.25, 0.3) is 0 Å². The highest BCUT2D eigenvalue weighted by Gasteiger charge is 2.35. The van der Waals surface area contributed by atoms with Gasteiger partial charge >= 0.3 is 0 Å². The summed E-state index contributed by atoms with van der Waals surface area (Å²) >= 11 is 0. The quantitative estimate of drug-likeness (QED) is 0.810. The van der Waals surface area contributed by atoms with Crippen LogP contribution in [0.2, 0.25) is 0 Å². The molecule has 0 amide bonds. The molecule has 0 aromatic heterocycles. The van der Waals surface area contributed by atoms with Crippen LogP contribution in [-0.2, 0) is 9.47 Å². The largest absolute Gasteiger partial charge is 0.373 e. The monoisotopic (exact) mass is 284 g/mol. The Labute approximate surface area is 124 Å². The van der Waals surface area contributed by atoms with E-state index in [-0.39, 0.29) is 11.7 Å². The summed E-state index contributed by atoms with van der Waals surface area (Å²) in [5.74, 6) is 0.889. The smallest absolute Gasteiger partial charge is 0.0935 e. The summed E-state index contributed by atoms with van der Waals surface area (Å²) in [4.78, 5) is 2.31. The van der Waals surface area contributed by atoms with Crippen LogP contribution in [0.15, 0.2) is 0 Å². The Morgan fingerprint density at radius 2 is 2.10 bits per heavy atom. The number of likely N-dealkylation sites (N-methyl/N-ethyl adjacent to an activating group) is 1. The van der Waals surface area contributed by atoms with Gasteiger partial charge in [-0.05, 0) is 38.6 Å². The minimum Gasteiger partial charge on any atom is -0.373 e. The number of nitrogens with two attached hydrogens (primary N) is 1. The van der Waals surface area contributed by atoms with Gasteiger partial charge in [-0.2, -0.15) is 0 Å². The zero-order valence-corrected chi connectivity index (χ0v) is 13.3. The Morgan fingerprint density at radius 1 is 1.35 bits per heavy atom. The predicted molar refractivity (Wildman–Crippen MR) is 81.8 cm³/mol. The van der Waals surface area contributed by atoms with Gasteiger partial charge in [0, 0.05) is 19.6 Å². The maximum atomic E-state index is 6.26. The van der Waals surface area contributed by atoms with Crippen LogP contribution < -0.4 is 5.73 Å². The number of morpholine rings is 1. The van der Waals surface area contributed by atoms with Crippen LogP contribution >= 0.6 is 0 Å². The van der Waals surface area contributed by atoms with Crippen molar-refractivity contribution in [1.29, 1.82) is 0 Å². The normalized spacial score (nSPS) is 36.1. The summed E-state index contributed by atoms with van der Waals surface area (Å²) in [6, 6.07) is 0. The Kier molecular flexibility index (Phi) is 6.27. The second kappa shape index (κ2) is 7.74. The maximum Gasteiger partial charge on any atom is 0.0935 e. The highest BCUT2D eigenvalue weighted by molar-refractivity contribution is 4.89. The third-order valence-electron chi connectivity index (χ3n) is 5.00. The van der Waals surface area contributed by atoms with Crippen molar-refractivity contribution in [3.8, 4) is 0 Å². The summed E-state index contributed by atoms with van der Waals surface area (Å²) in [6.07, 6.45) is 7.66. The Balaban J connectivity index is 1.77. The molecule has 4 heteroatoms. The molecular formula is C16H32N2O2. The minimum atomic E-state index is -0.0797. The van der Waals surface area contributed by atoms with Crippen molar-refractivity contribution in [1.82, 2.24) is 4.90 Å². The average Bonchev–Trinajstić information content (AvgIpc) is 2.47. The van der Waals surface area contributed by atoms with E-state index in [1.807, 2.05) is 0 Å². The topological polar surface area (TPSA) is 47.7 Å². The van der Waals surface area contributed by atoms with Gasteiger partial charge in [-0.3, -0.25) is 0 Å². The van der Waals surface area contributed by atoms with E-state index >= 15 is 0 Å². The van der Waals surface area contributed by atoms with Crippen molar-refractivity contribution in [2.45, 2.75) is 57.2 Å². The maximum absolute atomic E-state index is 6.26. The summed E-state index contributed by atoms with van der Waals surface area (Å²) in [5, 5.41) is 0. The molecule has 118 valence electrons. The van der Waals surface area contributed by atoms with Crippen molar-refractivity contribution in [3.05, 3.63) is 0 Å². The summed E-state index contributed by atoms with van der Waals surface area (Å²) < 4.78 is 12.0. The Hall–Kier alpha value is -0.160. The van der Waals surface area contributed by atoms with E-state index in [1.165, 1.54) is 25.7 Å². The molecule has 0 aromatic rings. The Bertz CT molecular complexity index is 278. The van der Waals surface area contributed by atoms with Crippen molar-refractivity contribution in [3.63, 3.8) is 0 Å². The van der Waals surface area contributed by atoms with Gasteiger partial charge in [-0.1, -0.05) is 19.8 Å². The molecule has 2 aliphatic rings. The molecule has 0 radical (unpaired) electrons. The lowest BCUT2D eigenvalue weighted by Gasteiger charge is -2.41. The molecule has 1 heterocycles. The first-order chi connectivity index (χ1) is 9.67. The molecule has 1 aliphatic carbocycles. The Morgan fingerprint density at radius 3 is 2.70 bits per heavy atom. The lowest BCUT2D eigenvalue weighted by molar-refractivity contribution is -0.128. The van der Waals surface area contributed by atoms with E-state index in [0.29, 0.717) is 13.2 Å². The van der Waals surface area contributed by atoms with Gasteiger partial charge in [0.15, 0.2) is 0 Å². The van der Waals surface area contributed by atoms with E-state index in [9.17, 15) is 0 Å². The number of rotatable bonds is 6. The predicted octanol–water partition coefficient (Wildman–Crippen LogP) is 2.02. The highest BCUT2D eigenvalue weighted by Crippen LogP contribution is 2.36. The van der Waals surface area contributed by atoms with Gasteiger partial charge in [0.1, 0.15) is 0 Å². The lowest BCUT2D eigenvalue weighted by Crippen LogP contribution is -2.48. The van der Waals surface area contributed by atoms with Crippen molar-refractivity contribution >= 4 is 0 Å². The fourth-order valence-corrected chi connectivity index (χ4v) is 3.55. The molecule has 1 atom stereocenters. The molecule has 0 aromatic carbocycles. The van der Waals surface area contributed by atoms with Gasteiger partial charge in [0.2, 0.25) is 0 Å². The summed E-state index contributed by atoms with van der Waals surface area (Å²) in [5.41, 5.74) is 5.94. The average molecular weight is 284 g/mol. The molecule has 0 bridgehead atoms. The first-order valence-corrected chi connectivity index (χ1v) is 8.31. The van der Waals surface area contributed by atoms with Crippen LogP contribution in [0.1, 0.15) is 45.4 Å². The van der Waals surface area contributed by atoms with Crippen LogP contribution in [0, 0.1) is 5.92 Å². The minimum absolute atomic E-state index is 0.0797. The molecule has 1 aliphatic heterocycles. The number of ether oxygens (including phenoxy) is 2. The van der Waals surface area contributed by atoms with Crippen molar-refractivity contribution in [2.24, 2.45) is 11.7 Å². The molecule has 1 unspecified atom stereocenters. The molecule has 1 saturated carbocycles. The van der Waals surface area contributed by atoms with Gasteiger partial charge in [0.25, 0.3) is 0 Å². The van der Waals surface area contributed by atoms with E-state index in [1.54, 1.807) is 0 Å². The molecular weight excluding hydrogens is 252 g/mol. The van der Waals surface area contributed by atoms with E-state index in [2.05, 4.69) is 18.9 Å². The van der Waals surface area contributed by atoms with Crippen molar-refractivity contribution < 1.29 is 9.47 Å².